The highest BCUT2D eigenvalue weighted by Crippen LogP contribution is 2.22. The van der Waals surface area contributed by atoms with Gasteiger partial charge < -0.3 is 11.1 Å². The van der Waals surface area contributed by atoms with Gasteiger partial charge in [-0.25, -0.2) is 8.78 Å². The van der Waals surface area contributed by atoms with E-state index < -0.39 is 17.5 Å². The summed E-state index contributed by atoms with van der Waals surface area (Å²) < 4.78 is 26.2. The number of rotatable bonds is 3. The fraction of sp³-hybridized carbons (Fsp3) is 0.0714. The third-order valence-electron chi connectivity index (χ3n) is 2.75. The molecule has 1 amide bonds. The van der Waals surface area contributed by atoms with Gasteiger partial charge in [-0.15, -0.1) is 0 Å². The number of hydrogen-bond donors (Lipinski definition) is 2. The minimum atomic E-state index is -0.718. The second-order valence-corrected chi connectivity index (χ2v) is 4.53. The summed E-state index contributed by atoms with van der Waals surface area (Å²) in [6, 6.07) is 7.82. The lowest BCUT2D eigenvalue weighted by Gasteiger charge is -2.09. The Kier molecular flexibility index (Phi) is 4.20. The fourth-order valence-corrected chi connectivity index (χ4v) is 1.85. The average molecular weight is 297 g/mol. The van der Waals surface area contributed by atoms with Crippen LogP contribution in [-0.2, 0) is 6.54 Å². The van der Waals surface area contributed by atoms with Crippen LogP contribution in [-0.4, -0.2) is 5.91 Å². The molecule has 0 aliphatic carbocycles. The number of anilines is 1. The molecule has 0 saturated heterocycles. The van der Waals surface area contributed by atoms with Gasteiger partial charge >= 0.3 is 0 Å². The van der Waals surface area contributed by atoms with Crippen molar-refractivity contribution in [2.75, 3.05) is 5.73 Å². The van der Waals surface area contributed by atoms with Gasteiger partial charge in [-0.3, -0.25) is 4.79 Å². The molecular formula is C14H11ClF2N2O. The summed E-state index contributed by atoms with van der Waals surface area (Å²) in [6.07, 6.45) is 0. The summed E-state index contributed by atoms with van der Waals surface area (Å²) in [5.74, 6) is -1.87. The molecule has 0 aromatic heterocycles. The number of carbonyl (C=O) groups is 1. The summed E-state index contributed by atoms with van der Waals surface area (Å²) in [5, 5.41) is 2.77. The summed E-state index contributed by atoms with van der Waals surface area (Å²) in [4.78, 5) is 11.9. The Morgan fingerprint density at radius 2 is 2.00 bits per heavy atom. The lowest BCUT2D eigenvalue weighted by atomic mass is 10.1. The zero-order valence-electron chi connectivity index (χ0n) is 10.3. The van der Waals surface area contributed by atoms with E-state index >= 15 is 0 Å². The van der Waals surface area contributed by atoms with E-state index in [1.165, 1.54) is 12.1 Å². The third-order valence-corrected chi connectivity index (χ3v) is 3.08. The number of carbonyl (C=O) groups excluding carboxylic acids is 1. The molecule has 0 unspecified atom stereocenters. The summed E-state index contributed by atoms with van der Waals surface area (Å²) in [7, 11) is 0. The van der Waals surface area contributed by atoms with Gasteiger partial charge in [-0.05, 0) is 18.2 Å². The molecule has 3 N–H and O–H groups in total. The molecule has 0 saturated carbocycles. The van der Waals surface area contributed by atoms with Crippen molar-refractivity contribution in [3.05, 3.63) is 64.2 Å². The molecule has 20 heavy (non-hydrogen) atoms. The third kappa shape index (κ3) is 3.05. The zero-order chi connectivity index (χ0) is 14.7. The molecule has 0 atom stereocenters. The average Bonchev–Trinajstić information content (AvgIpc) is 2.40. The number of benzene rings is 2. The molecule has 3 nitrogen and oxygen atoms in total. The van der Waals surface area contributed by atoms with Crippen molar-refractivity contribution in [1.82, 2.24) is 5.32 Å². The molecule has 2 rings (SSSR count). The van der Waals surface area contributed by atoms with Crippen LogP contribution in [0.25, 0.3) is 0 Å². The molecule has 6 heteroatoms. The predicted octanol–water partition coefficient (Wildman–Crippen LogP) is 3.13. The molecular weight excluding hydrogens is 286 g/mol. The summed E-state index contributed by atoms with van der Waals surface area (Å²) in [6.45, 7) is -0.0725. The minimum absolute atomic E-state index is 0.0725. The molecule has 0 radical (unpaired) electrons. The highest BCUT2D eigenvalue weighted by atomic mass is 35.5. The number of nitrogens with one attached hydrogen (secondary N) is 1. The van der Waals surface area contributed by atoms with Crippen molar-refractivity contribution < 1.29 is 13.6 Å². The second-order valence-electron chi connectivity index (χ2n) is 4.12. The zero-order valence-corrected chi connectivity index (χ0v) is 11.0. The van der Waals surface area contributed by atoms with Crippen molar-refractivity contribution in [1.29, 1.82) is 0 Å². The van der Waals surface area contributed by atoms with Crippen molar-refractivity contribution >= 4 is 23.2 Å². The molecule has 104 valence electrons. The van der Waals surface area contributed by atoms with Gasteiger partial charge in [0.2, 0.25) is 0 Å². The maximum atomic E-state index is 13.4. The van der Waals surface area contributed by atoms with Gasteiger partial charge in [-0.2, -0.15) is 0 Å². The van der Waals surface area contributed by atoms with Crippen LogP contribution in [0.4, 0.5) is 14.5 Å². The standard InChI is InChI=1S/C14H11ClF2N2O/c15-11-3-1-2-10(13(11)18)14(20)19-7-8-4-5-9(16)6-12(8)17/h1-6H,7,18H2,(H,19,20). The lowest BCUT2D eigenvalue weighted by Crippen LogP contribution is -2.24. The highest BCUT2D eigenvalue weighted by molar-refractivity contribution is 6.33. The van der Waals surface area contributed by atoms with Crippen LogP contribution in [0.15, 0.2) is 36.4 Å². The topological polar surface area (TPSA) is 55.1 Å². The van der Waals surface area contributed by atoms with Crippen LogP contribution >= 0.6 is 11.6 Å². The normalized spacial score (nSPS) is 10.3. The van der Waals surface area contributed by atoms with Crippen LogP contribution in [0.3, 0.4) is 0 Å². The number of nitrogens with two attached hydrogens (primary N) is 1. The Balaban J connectivity index is 2.11. The van der Waals surface area contributed by atoms with Crippen LogP contribution in [0.1, 0.15) is 15.9 Å². The highest BCUT2D eigenvalue weighted by Gasteiger charge is 2.12. The van der Waals surface area contributed by atoms with Gasteiger partial charge in [0.05, 0.1) is 16.3 Å². The summed E-state index contributed by atoms with van der Waals surface area (Å²) in [5.41, 5.74) is 6.23. The number of nitrogen functional groups attached to an aromatic ring is 1. The number of hydrogen-bond acceptors (Lipinski definition) is 2. The smallest absolute Gasteiger partial charge is 0.253 e. The van der Waals surface area contributed by atoms with E-state index in [-0.39, 0.29) is 28.4 Å². The van der Waals surface area contributed by atoms with Crippen molar-refractivity contribution in [2.45, 2.75) is 6.54 Å². The first-order valence-corrected chi connectivity index (χ1v) is 6.13. The first-order chi connectivity index (χ1) is 9.49. The molecule has 0 fully saturated rings. The van der Waals surface area contributed by atoms with Crippen LogP contribution in [0, 0.1) is 11.6 Å². The van der Waals surface area contributed by atoms with E-state index in [4.69, 9.17) is 17.3 Å². The molecule has 0 aliphatic rings. The van der Waals surface area contributed by atoms with E-state index in [1.807, 2.05) is 0 Å². The number of para-hydroxylation sites is 1. The Morgan fingerprint density at radius 3 is 2.70 bits per heavy atom. The number of amides is 1. The minimum Gasteiger partial charge on any atom is -0.397 e. The lowest BCUT2D eigenvalue weighted by molar-refractivity contribution is 0.0951. The van der Waals surface area contributed by atoms with Crippen molar-refractivity contribution in [3.8, 4) is 0 Å². The molecule has 0 spiro atoms. The van der Waals surface area contributed by atoms with E-state index in [0.717, 1.165) is 12.1 Å². The van der Waals surface area contributed by atoms with Gasteiger partial charge in [0.25, 0.3) is 5.91 Å². The van der Waals surface area contributed by atoms with Crippen LogP contribution in [0.2, 0.25) is 5.02 Å². The first-order valence-electron chi connectivity index (χ1n) is 5.75. The van der Waals surface area contributed by atoms with Crippen molar-refractivity contribution in [3.63, 3.8) is 0 Å². The van der Waals surface area contributed by atoms with Gasteiger partial charge in [0.1, 0.15) is 11.6 Å². The Labute approximate surface area is 119 Å². The molecule has 0 bridgehead atoms. The van der Waals surface area contributed by atoms with E-state index in [9.17, 15) is 13.6 Å². The first kappa shape index (κ1) is 14.3. The van der Waals surface area contributed by atoms with E-state index in [1.54, 1.807) is 12.1 Å². The van der Waals surface area contributed by atoms with E-state index in [2.05, 4.69) is 5.32 Å². The van der Waals surface area contributed by atoms with E-state index in [0.29, 0.717) is 0 Å². The van der Waals surface area contributed by atoms with Gasteiger partial charge in [-0.1, -0.05) is 23.7 Å². The Morgan fingerprint density at radius 1 is 1.25 bits per heavy atom. The maximum absolute atomic E-state index is 13.4. The van der Waals surface area contributed by atoms with Gasteiger partial charge in [0, 0.05) is 18.2 Å². The molecule has 0 aliphatic heterocycles. The maximum Gasteiger partial charge on any atom is 0.253 e. The fourth-order valence-electron chi connectivity index (χ4n) is 1.67. The Hall–Kier alpha value is -2.14. The second kappa shape index (κ2) is 5.88. The quantitative estimate of drug-likeness (QED) is 0.855. The van der Waals surface area contributed by atoms with Crippen LogP contribution < -0.4 is 11.1 Å². The predicted molar refractivity (Wildman–Crippen MR) is 73.4 cm³/mol. The SMILES string of the molecule is Nc1c(Cl)cccc1C(=O)NCc1ccc(F)cc1F. The largest absolute Gasteiger partial charge is 0.397 e. The Bertz CT molecular complexity index is 662. The van der Waals surface area contributed by atoms with Crippen molar-refractivity contribution in [2.24, 2.45) is 0 Å². The summed E-state index contributed by atoms with van der Waals surface area (Å²) >= 11 is 5.81. The molecule has 2 aromatic rings. The van der Waals surface area contributed by atoms with Crippen LogP contribution in [0.5, 0.6) is 0 Å². The number of halogens is 3. The molecule has 0 heterocycles. The monoisotopic (exact) mass is 296 g/mol. The van der Waals surface area contributed by atoms with Gasteiger partial charge in [0.15, 0.2) is 0 Å². The molecule has 2 aromatic carbocycles.